The molecule has 1 N–H and O–H groups in total. The molecule has 0 saturated heterocycles. The number of nitrogens with one attached hydrogen (secondary N) is 1. The van der Waals surface area contributed by atoms with Gasteiger partial charge in [-0.25, -0.2) is 0 Å². The average Bonchev–Trinajstić information content (AvgIpc) is 2.69. The molecule has 2 aromatic rings. The summed E-state index contributed by atoms with van der Waals surface area (Å²) in [7, 11) is 8.60. The Kier molecular flexibility index (Phi) is 7.79. The third-order valence-corrected chi connectivity index (χ3v) is 4.61. The number of nitrogens with zero attached hydrogens (tertiary/aromatic N) is 2. The Labute approximate surface area is 169 Å². The summed E-state index contributed by atoms with van der Waals surface area (Å²) in [6.45, 7) is 1.33. The summed E-state index contributed by atoms with van der Waals surface area (Å²) < 4.78 is 17.3. The standard InChI is InChI=1S/C20H26BrN3O3/c1-22-20(24(2)13-14-6-8-16(21)9-7-14)23-12-15-10-17(25-3)19(27-5)18(11-15)26-4/h6-11H,12-13H2,1-5H3,(H,22,23). The Morgan fingerprint density at radius 3 is 2.07 bits per heavy atom. The highest BCUT2D eigenvalue weighted by Crippen LogP contribution is 2.38. The van der Waals surface area contributed by atoms with Crippen LogP contribution < -0.4 is 19.5 Å². The van der Waals surface area contributed by atoms with Crippen molar-refractivity contribution in [3.8, 4) is 17.2 Å². The van der Waals surface area contributed by atoms with Gasteiger partial charge in [-0.05, 0) is 35.4 Å². The van der Waals surface area contributed by atoms with E-state index in [1.54, 1.807) is 28.4 Å². The van der Waals surface area contributed by atoms with E-state index in [0.29, 0.717) is 23.8 Å². The van der Waals surface area contributed by atoms with E-state index in [-0.39, 0.29) is 0 Å². The van der Waals surface area contributed by atoms with Crippen LogP contribution in [0.2, 0.25) is 0 Å². The van der Waals surface area contributed by atoms with Crippen LogP contribution >= 0.6 is 15.9 Å². The van der Waals surface area contributed by atoms with Gasteiger partial charge in [0.05, 0.1) is 21.3 Å². The molecule has 0 radical (unpaired) electrons. The van der Waals surface area contributed by atoms with E-state index in [4.69, 9.17) is 14.2 Å². The summed E-state index contributed by atoms with van der Waals surface area (Å²) in [6.07, 6.45) is 0. The molecular weight excluding hydrogens is 410 g/mol. The first kappa shape index (κ1) is 20.9. The van der Waals surface area contributed by atoms with Crippen molar-refractivity contribution in [2.45, 2.75) is 13.1 Å². The first-order valence-electron chi connectivity index (χ1n) is 8.47. The summed E-state index contributed by atoms with van der Waals surface area (Å²) in [5, 5.41) is 3.37. The van der Waals surface area contributed by atoms with Crippen LogP contribution in [0.15, 0.2) is 45.9 Å². The van der Waals surface area contributed by atoms with Crippen molar-refractivity contribution in [1.82, 2.24) is 10.2 Å². The van der Waals surface area contributed by atoms with Gasteiger partial charge in [-0.3, -0.25) is 4.99 Å². The largest absolute Gasteiger partial charge is 0.493 e. The topological polar surface area (TPSA) is 55.3 Å². The van der Waals surface area contributed by atoms with E-state index < -0.39 is 0 Å². The predicted molar refractivity (Wildman–Crippen MR) is 112 cm³/mol. The first-order chi connectivity index (χ1) is 13.0. The van der Waals surface area contributed by atoms with Crippen molar-refractivity contribution >= 4 is 21.9 Å². The third-order valence-electron chi connectivity index (χ3n) is 4.08. The zero-order chi connectivity index (χ0) is 19.8. The summed E-state index contributed by atoms with van der Waals surface area (Å²) >= 11 is 3.46. The van der Waals surface area contributed by atoms with Gasteiger partial charge in [0, 0.05) is 31.7 Å². The van der Waals surface area contributed by atoms with Gasteiger partial charge < -0.3 is 24.4 Å². The Morgan fingerprint density at radius 2 is 1.59 bits per heavy atom. The van der Waals surface area contributed by atoms with Gasteiger partial charge in [-0.1, -0.05) is 28.1 Å². The first-order valence-corrected chi connectivity index (χ1v) is 9.26. The molecule has 0 aromatic heterocycles. The summed E-state index contributed by atoms with van der Waals surface area (Å²) in [5.41, 5.74) is 2.21. The van der Waals surface area contributed by atoms with Gasteiger partial charge in [-0.15, -0.1) is 0 Å². The minimum absolute atomic E-state index is 0.577. The Hall–Kier alpha value is -2.41. The number of methoxy groups -OCH3 is 3. The van der Waals surface area contributed by atoms with Crippen molar-refractivity contribution in [1.29, 1.82) is 0 Å². The monoisotopic (exact) mass is 435 g/mol. The van der Waals surface area contributed by atoms with Gasteiger partial charge in [0.15, 0.2) is 17.5 Å². The predicted octanol–water partition coefficient (Wildman–Crippen LogP) is 3.68. The zero-order valence-corrected chi connectivity index (χ0v) is 18.0. The van der Waals surface area contributed by atoms with Crippen LogP contribution in [0, 0.1) is 0 Å². The van der Waals surface area contributed by atoms with Crippen LogP contribution in [0.25, 0.3) is 0 Å². The fourth-order valence-electron chi connectivity index (χ4n) is 2.74. The molecule has 0 aliphatic heterocycles. The molecule has 0 fully saturated rings. The van der Waals surface area contributed by atoms with E-state index in [1.807, 2.05) is 31.3 Å². The van der Waals surface area contributed by atoms with E-state index in [0.717, 1.165) is 22.5 Å². The number of aliphatic imine (C=N–C) groups is 1. The van der Waals surface area contributed by atoms with E-state index >= 15 is 0 Å². The Morgan fingerprint density at radius 1 is 1.00 bits per heavy atom. The van der Waals surface area contributed by atoms with E-state index in [9.17, 15) is 0 Å². The van der Waals surface area contributed by atoms with E-state index in [2.05, 4.69) is 43.3 Å². The number of guanidine groups is 1. The summed E-state index contributed by atoms with van der Waals surface area (Å²) in [6, 6.07) is 12.1. The summed E-state index contributed by atoms with van der Waals surface area (Å²) in [5.74, 6) is 2.64. The minimum Gasteiger partial charge on any atom is -0.493 e. The number of benzene rings is 2. The Bertz CT molecular complexity index is 754. The van der Waals surface area contributed by atoms with Crippen LogP contribution in [0.4, 0.5) is 0 Å². The molecule has 146 valence electrons. The molecule has 27 heavy (non-hydrogen) atoms. The van der Waals surface area contributed by atoms with Gasteiger partial charge in [-0.2, -0.15) is 0 Å². The lowest BCUT2D eigenvalue weighted by atomic mass is 10.1. The lowest BCUT2D eigenvalue weighted by Crippen LogP contribution is -2.38. The molecular formula is C20H26BrN3O3. The highest BCUT2D eigenvalue weighted by atomic mass is 79.9. The highest BCUT2D eigenvalue weighted by molar-refractivity contribution is 9.10. The quantitative estimate of drug-likeness (QED) is 0.530. The molecule has 2 rings (SSSR count). The lowest BCUT2D eigenvalue weighted by Gasteiger charge is -2.22. The maximum Gasteiger partial charge on any atom is 0.203 e. The number of hydrogen-bond acceptors (Lipinski definition) is 4. The molecule has 6 nitrogen and oxygen atoms in total. The van der Waals surface area contributed by atoms with Crippen LogP contribution in [0.1, 0.15) is 11.1 Å². The Balaban J connectivity index is 2.08. The van der Waals surface area contributed by atoms with Crippen molar-refractivity contribution in [2.24, 2.45) is 4.99 Å². The van der Waals surface area contributed by atoms with Crippen LogP contribution in [0.3, 0.4) is 0 Å². The molecule has 0 aliphatic carbocycles. The second-order valence-corrected chi connectivity index (χ2v) is 6.83. The SMILES string of the molecule is CN=C(NCc1cc(OC)c(OC)c(OC)c1)N(C)Cc1ccc(Br)cc1. The molecule has 0 amide bonds. The summed E-state index contributed by atoms with van der Waals surface area (Å²) in [4.78, 5) is 6.44. The number of halogens is 1. The van der Waals surface area contributed by atoms with Crippen LogP contribution in [-0.4, -0.2) is 46.3 Å². The fraction of sp³-hybridized carbons (Fsp3) is 0.350. The van der Waals surface area contributed by atoms with Gasteiger partial charge in [0.25, 0.3) is 0 Å². The van der Waals surface area contributed by atoms with E-state index in [1.165, 1.54) is 5.56 Å². The van der Waals surface area contributed by atoms with Crippen LogP contribution in [-0.2, 0) is 13.1 Å². The smallest absolute Gasteiger partial charge is 0.203 e. The lowest BCUT2D eigenvalue weighted by molar-refractivity contribution is 0.323. The molecule has 7 heteroatoms. The average molecular weight is 436 g/mol. The third kappa shape index (κ3) is 5.53. The van der Waals surface area contributed by atoms with Gasteiger partial charge in [0.1, 0.15) is 0 Å². The maximum absolute atomic E-state index is 5.41. The normalized spacial score (nSPS) is 11.1. The molecule has 0 saturated carbocycles. The van der Waals surface area contributed by atoms with Gasteiger partial charge >= 0.3 is 0 Å². The number of hydrogen-bond donors (Lipinski definition) is 1. The van der Waals surface area contributed by atoms with Crippen molar-refractivity contribution in [3.05, 3.63) is 52.0 Å². The number of rotatable bonds is 7. The highest BCUT2D eigenvalue weighted by Gasteiger charge is 2.14. The fourth-order valence-corrected chi connectivity index (χ4v) is 3.01. The second kappa shape index (κ2) is 10.1. The van der Waals surface area contributed by atoms with Crippen molar-refractivity contribution < 1.29 is 14.2 Å². The molecule has 0 aliphatic rings. The molecule has 0 atom stereocenters. The van der Waals surface area contributed by atoms with Crippen molar-refractivity contribution in [2.75, 3.05) is 35.4 Å². The maximum atomic E-state index is 5.41. The van der Waals surface area contributed by atoms with Gasteiger partial charge in [0.2, 0.25) is 5.75 Å². The number of ether oxygens (including phenoxy) is 3. The second-order valence-electron chi connectivity index (χ2n) is 5.92. The molecule has 0 unspecified atom stereocenters. The molecule has 0 bridgehead atoms. The van der Waals surface area contributed by atoms with Crippen molar-refractivity contribution in [3.63, 3.8) is 0 Å². The minimum atomic E-state index is 0.577. The molecule has 2 aromatic carbocycles. The van der Waals surface area contributed by atoms with Crippen LogP contribution in [0.5, 0.6) is 17.2 Å². The molecule has 0 heterocycles. The zero-order valence-electron chi connectivity index (χ0n) is 16.4. The molecule has 0 spiro atoms.